The van der Waals surface area contributed by atoms with Crippen LogP contribution in [0.5, 0.6) is 0 Å². The molecule has 2 heterocycles. The molecular weight excluding hydrogens is 232 g/mol. The van der Waals surface area contributed by atoms with E-state index in [9.17, 15) is 4.79 Å². The van der Waals surface area contributed by atoms with Crippen molar-refractivity contribution in [1.82, 2.24) is 9.97 Å². The Balaban J connectivity index is 2.54. The third-order valence-electron chi connectivity index (χ3n) is 1.91. The van der Waals surface area contributed by atoms with Gasteiger partial charge in [0.2, 0.25) is 0 Å². The fourth-order valence-electron chi connectivity index (χ4n) is 1.22. The van der Waals surface area contributed by atoms with Gasteiger partial charge in [0.1, 0.15) is 5.82 Å². The van der Waals surface area contributed by atoms with E-state index in [4.69, 9.17) is 11.6 Å². The first-order chi connectivity index (χ1) is 7.16. The van der Waals surface area contributed by atoms with Crippen molar-refractivity contribution in [2.75, 3.05) is 0 Å². The first-order valence-corrected chi connectivity index (χ1v) is 5.77. The largest absolute Gasteiger partial charge is 0.309 e. The Labute approximate surface area is 95.8 Å². The van der Waals surface area contributed by atoms with Gasteiger partial charge in [-0.1, -0.05) is 6.07 Å². The summed E-state index contributed by atoms with van der Waals surface area (Å²) in [5.74, 6) is 0.507. The van der Waals surface area contributed by atoms with Crippen molar-refractivity contribution in [3.63, 3.8) is 0 Å². The van der Waals surface area contributed by atoms with Crippen LogP contribution in [0.3, 0.4) is 0 Å². The van der Waals surface area contributed by atoms with Gasteiger partial charge in [-0.3, -0.25) is 4.79 Å². The molecule has 2 aromatic rings. The van der Waals surface area contributed by atoms with Gasteiger partial charge in [-0.25, -0.2) is 4.98 Å². The summed E-state index contributed by atoms with van der Waals surface area (Å²) in [5, 5.41) is 1.65. The molecule has 0 aliphatic rings. The van der Waals surface area contributed by atoms with Crippen molar-refractivity contribution < 1.29 is 0 Å². The van der Waals surface area contributed by atoms with E-state index in [1.165, 1.54) is 6.07 Å². The van der Waals surface area contributed by atoms with Crippen LogP contribution in [0.4, 0.5) is 0 Å². The molecule has 1 N–H and O–H groups in total. The molecule has 0 spiro atoms. The van der Waals surface area contributed by atoms with Crippen LogP contribution in [-0.4, -0.2) is 9.97 Å². The quantitative estimate of drug-likeness (QED) is 0.821. The summed E-state index contributed by atoms with van der Waals surface area (Å²) >= 11 is 7.43. The van der Waals surface area contributed by atoms with Gasteiger partial charge < -0.3 is 4.98 Å². The molecule has 0 aliphatic carbocycles. The Bertz CT molecular complexity index is 504. The lowest BCUT2D eigenvalue weighted by atomic mass is 10.3. The number of alkyl halides is 1. The van der Waals surface area contributed by atoms with E-state index in [-0.39, 0.29) is 10.9 Å². The molecule has 78 valence electrons. The van der Waals surface area contributed by atoms with Crippen molar-refractivity contribution >= 4 is 22.9 Å². The maximum Gasteiger partial charge on any atom is 0.251 e. The number of aromatic amines is 1. The number of nitrogens with zero attached hydrogens (tertiary/aromatic N) is 1. The van der Waals surface area contributed by atoms with Crippen LogP contribution in [0, 0.1) is 0 Å². The van der Waals surface area contributed by atoms with E-state index in [2.05, 4.69) is 9.97 Å². The summed E-state index contributed by atoms with van der Waals surface area (Å²) in [6, 6.07) is 5.33. The number of thiophene rings is 1. The van der Waals surface area contributed by atoms with Gasteiger partial charge in [-0.05, 0) is 18.4 Å². The van der Waals surface area contributed by atoms with Crippen LogP contribution in [0.2, 0.25) is 0 Å². The lowest BCUT2D eigenvalue weighted by Gasteiger charge is -2.03. The highest BCUT2D eigenvalue weighted by Crippen LogP contribution is 2.23. The van der Waals surface area contributed by atoms with E-state index in [1.807, 2.05) is 17.5 Å². The second kappa shape index (κ2) is 4.16. The highest BCUT2D eigenvalue weighted by atomic mass is 35.5. The highest BCUT2D eigenvalue weighted by molar-refractivity contribution is 7.13. The molecule has 0 saturated heterocycles. The van der Waals surface area contributed by atoms with E-state index < -0.39 is 0 Å². The smallest absolute Gasteiger partial charge is 0.251 e. The first-order valence-electron chi connectivity index (χ1n) is 4.46. The van der Waals surface area contributed by atoms with Crippen molar-refractivity contribution in [2.24, 2.45) is 0 Å². The van der Waals surface area contributed by atoms with Crippen molar-refractivity contribution in [1.29, 1.82) is 0 Å². The Morgan fingerprint density at radius 2 is 2.40 bits per heavy atom. The minimum Gasteiger partial charge on any atom is -0.309 e. The molecule has 15 heavy (non-hydrogen) atoms. The molecule has 0 aromatic carbocycles. The molecule has 3 nitrogen and oxygen atoms in total. The second-order valence-electron chi connectivity index (χ2n) is 3.11. The minimum atomic E-state index is -0.294. The van der Waals surface area contributed by atoms with Crippen LogP contribution in [0.15, 0.2) is 28.4 Å². The SMILES string of the molecule is CC(Cl)c1nc(-c2cccs2)cc(=O)[nH]1. The molecule has 0 bridgehead atoms. The lowest BCUT2D eigenvalue weighted by molar-refractivity contribution is 0.898. The molecule has 2 aromatic heterocycles. The number of nitrogens with one attached hydrogen (secondary N) is 1. The molecule has 0 aliphatic heterocycles. The van der Waals surface area contributed by atoms with E-state index in [0.717, 1.165) is 4.88 Å². The predicted octanol–water partition coefficient (Wildman–Crippen LogP) is 2.80. The van der Waals surface area contributed by atoms with E-state index in [0.29, 0.717) is 11.5 Å². The third-order valence-corrected chi connectivity index (χ3v) is 3.01. The van der Waals surface area contributed by atoms with Crippen LogP contribution in [0.1, 0.15) is 18.1 Å². The summed E-state index contributed by atoms with van der Waals surface area (Å²) in [6.07, 6.45) is 0. The number of halogens is 1. The summed E-state index contributed by atoms with van der Waals surface area (Å²) in [5.41, 5.74) is 0.507. The maximum atomic E-state index is 11.4. The summed E-state index contributed by atoms with van der Waals surface area (Å²) in [4.78, 5) is 19.2. The fraction of sp³-hybridized carbons (Fsp3) is 0.200. The van der Waals surface area contributed by atoms with Crippen molar-refractivity contribution in [2.45, 2.75) is 12.3 Å². The van der Waals surface area contributed by atoms with Gasteiger partial charge >= 0.3 is 0 Å². The minimum absolute atomic E-state index is 0.170. The number of rotatable bonds is 2. The standard InChI is InChI=1S/C10H9ClN2OS/c1-6(11)10-12-7(5-9(14)13-10)8-3-2-4-15-8/h2-6H,1H3,(H,12,13,14). The first kappa shape index (κ1) is 10.4. The van der Waals surface area contributed by atoms with Crippen LogP contribution in [-0.2, 0) is 0 Å². The predicted molar refractivity (Wildman–Crippen MR) is 62.4 cm³/mol. The fourth-order valence-corrected chi connectivity index (χ4v) is 2.00. The third kappa shape index (κ3) is 2.27. The number of hydrogen-bond acceptors (Lipinski definition) is 3. The Morgan fingerprint density at radius 1 is 1.60 bits per heavy atom. The van der Waals surface area contributed by atoms with Crippen molar-refractivity contribution in [3.8, 4) is 10.6 Å². The van der Waals surface area contributed by atoms with E-state index >= 15 is 0 Å². The van der Waals surface area contributed by atoms with Crippen molar-refractivity contribution in [3.05, 3.63) is 39.8 Å². The maximum absolute atomic E-state index is 11.4. The van der Waals surface area contributed by atoms with Crippen LogP contribution in [0.25, 0.3) is 10.6 Å². The zero-order valence-corrected chi connectivity index (χ0v) is 9.60. The average Bonchev–Trinajstić information content (AvgIpc) is 2.69. The van der Waals surface area contributed by atoms with Crippen LogP contribution >= 0.6 is 22.9 Å². The molecule has 1 atom stereocenters. The number of aromatic nitrogens is 2. The average molecular weight is 241 g/mol. The second-order valence-corrected chi connectivity index (χ2v) is 4.71. The molecule has 5 heteroatoms. The Morgan fingerprint density at radius 3 is 3.00 bits per heavy atom. The molecule has 0 radical (unpaired) electrons. The van der Waals surface area contributed by atoms with Crippen LogP contribution < -0.4 is 5.56 Å². The zero-order valence-electron chi connectivity index (χ0n) is 8.03. The zero-order chi connectivity index (χ0) is 10.8. The topological polar surface area (TPSA) is 45.8 Å². The highest BCUT2D eigenvalue weighted by Gasteiger charge is 2.08. The van der Waals surface area contributed by atoms with E-state index in [1.54, 1.807) is 18.3 Å². The molecule has 0 saturated carbocycles. The van der Waals surface area contributed by atoms with Gasteiger partial charge in [0.05, 0.1) is 15.9 Å². The molecular formula is C10H9ClN2OS. The van der Waals surface area contributed by atoms with Gasteiger partial charge in [0, 0.05) is 6.07 Å². The lowest BCUT2D eigenvalue weighted by Crippen LogP contribution is -2.11. The number of H-pyrrole nitrogens is 1. The molecule has 1 unspecified atom stereocenters. The van der Waals surface area contributed by atoms with Gasteiger partial charge in [0.25, 0.3) is 5.56 Å². The monoisotopic (exact) mass is 240 g/mol. The Kier molecular flexibility index (Phi) is 2.88. The number of hydrogen-bond donors (Lipinski definition) is 1. The Hall–Kier alpha value is -1.13. The molecule has 0 amide bonds. The summed E-state index contributed by atoms with van der Waals surface area (Å²) in [6.45, 7) is 1.78. The van der Waals surface area contributed by atoms with Gasteiger partial charge in [-0.15, -0.1) is 22.9 Å². The normalized spacial score (nSPS) is 12.7. The molecule has 0 fully saturated rings. The van der Waals surface area contributed by atoms with Gasteiger partial charge in [-0.2, -0.15) is 0 Å². The molecule has 2 rings (SSSR count). The summed E-state index contributed by atoms with van der Waals surface area (Å²) in [7, 11) is 0. The summed E-state index contributed by atoms with van der Waals surface area (Å²) < 4.78 is 0. The van der Waals surface area contributed by atoms with Gasteiger partial charge in [0.15, 0.2) is 0 Å².